The zero-order chi connectivity index (χ0) is 32.5. The summed E-state index contributed by atoms with van der Waals surface area (Å²) in [7, 11) is 0. The highest BCUT2D eigenvalue weighted by Crippen LogP contribution is 2.42. The standard InChI is InChI=1S/C36H37F2N3O4/c1-20-12-21(15-32(43)45-36(2,3)4)14-22(13-20)25-10-11-40-18-23(25)17-31(42)26-8-9-29(37)28-16-24(19-41-34(26)28)33-27(35(39)44)6-5-7-30(33)38/h5-11,16,18-22H,12-15,17H2,1-4H3,(H2,39,44)/t20-,21+,22-/m1/s1. The molecule has 0 saturated heterocycles. The van der Waals surface area contributed by atoms with Gasteiger partial charge in [0.2, 0.25) is 5.91 Å². The molecule has 1 amide bonds. The van der Waals surface area contributed by atoms with Crippen molar-refractivity contribution in [2.24, 2.45) is 17.6 Å². The summed E-state index contributed by atoms with van der Waals surface area (Å²) in [6.07, 6.45) is 7.73. The number of pyridine rings is 2. The van der Waals surface area contributed by atoms with Crippen molar-refractivity contribution in [2.45, 2.75) is 71.3 Å². The van der Waals surface area contributed by atoms with Crippen molar-refractivity contribution in [1.82, 2.24) is 9.97 Å². The van der Waals surface area contributed by atoms with Crippen LogP contribution in [0.3, 0.4) is 0 Å². The van der Waals surface area contributed by atoms with Crippen molar-refractivity contribution in [2.75, 3.05) is 0 Å². The lowest BCUT2D eigenvalue weighted by Crippen LogP contribution is -2.28. The van der Waals surface area contributed by atoms with Crippen LogP contribution in [0.5, 0.6) is 0 Å². The van der Waals surface area contributed by atoms with Crippen LogP contribution in [0, 0.1) is 23.5 Å². The number of halogens is 2. The van der Waals surface area contributed by atoms with Crippen LogP contribution in [-0.4, -0.2) is 33.2 Å². The number of carbonyl (C=O) groups is 3. The molecule has 1 saturated carbocycles. The molecule has 7 nitrogen and oxygen atoms in total. The van der Waals surface area contributed by atoms with Crippen LogP contribution in [0.1, 0.15) is 91.1 Å². The Balaban J connectivity index is 1.42. The van der Waals surface area contributed by atoms with Gasteiger partial charge in [-0.25, -0.2) is 8.78 Å². The average Bonchev–Trinajstić information content (AvgIpc) is 2.96. The van der Waals surface area contributed by atoms with Gasteiger partial charge in [0.25, 0.3) is 0 Å². The van der Waals surface area contributed by atoms with E-state index in [2.05, 4.69) is 16.9 Å². The fourth-order valence-corrected chi connectivity index (χ4v) is 6.61. The maximum Gasteiger partial charge on any atom is 0.306 e. The first-order chi connectivity index (χ1) is 21.3. The molecule has 2 aromatic carbocycles. The number of rotatable bonds is 8. The second kappa shape index (κ2) is 12.8. The molecule has 2 heterocycles. The quantitative estimate of drug-likeness (QED) is 0.164. The lowest BCUT2D eigenvalue weighted by Gasteiger charge is -2.34. The fourth-order valence-electron chi connectivity index (χ4n) is 6.61. The van der Waals surface area contributed by atoms with Crippen molar-refractivity contribution in [1.29, 1.82) is 0 Å². The molecule has 1 aliphatic carbocycles. The minimum atomic E-state index is -0.829. The first-order valence-electron chi connectivity index (χ1n) is 15.2. The van der Waals surface area contributed by atoms with Gasteiger partial charge in [-0.2, -0.15) is 0 Å². The zero-order valence-corrected chi connectivity index (χ0v) is 25.9. The Kier molecular flexibility index (Phi) is 9.09. The highest BCUT2D eigenvalue weighted by Gasteiger charge is 2.32. The second-order valence-electron chi connectivity index (χ2n) is 13.1. The molecular formula is C36H37F2N3O4. The number of esters is 1. The van der Waals surface area contributed by atoms with E-state index < -0.39 is 23.1 Å². The Morgan fingerprint density at radius 2 is 1.76 bits per heavy atom. The van der Waals surface area contributed by atoms with Crippen molar-refractivity contribution in [3.8, 4) is 11.1 Å². The molecule has 1 aliphatic rings. The molecule has 3 atom stereocenters. The Bertz CT molecular complexity index is 1780. The van der Waals surface area contributed by atoms with Gasteiger partial charge in [0.15, 0.2) is 5.78 Å². The highest BCUT2D eigenvalue weighted by molar-refractivity contribution is 6.08. The van der Waals surface area contributed by atoms with Crippen LogP contribution in [0.25, 0.3) is 22.0 Å². The number of hydrogen-bond donors (Lipinski definition) is 1. The Morgan fingerprint density at radius 3 is 2.49 bits per heavy atom. The van der Waals surface area contributed by atoms with Gasteiger partial charge in [-0.1, -0.05) is 13.0 Å². The van der Waals surface area contributed by atoms with Crippen LogP contribution in [0.2, 0.25) is 0 Å². The number of nitrogens with zero attached hydrogens (tertiary/aromatic N) is 2. The Morgan fingerprint density at radius 1 is 0.978 bits per heavy atom. The topological polar surface area (TPSA) is 112 Å². The SMILES string of the molecule is C[C@@H]1C[C@H](CC(=O)OC(C)(C)C)C[C@H](c2ccncc2CC(=O)c2ccc(F)c3cc(-c4c(F)cccc4C(N)=O)cnc23)C1. The van der Waals surface area contributed by atoms with Gasteiger partial charge in [-0.05, 0) is 105 Å². The van der Waals surface area contributed by atoms with Crippen LogP contribution in [-0.2, 0) is 16.0 Å². The fraction of sp³-hybridized carbons (Fsp3) is 0.361. The lowest BCUT2D eigenvalue weighted by atomic mass is 9.71. The van der Waals surface area contributed by atoms with Gasteiger partial charge >= 0.3 is 5.97 Å². The van der Waals surface area contributed by atoms with E-state index in [0.29, 0.717) is 12.3 Å². The number of carbonyl (C=O) groups excluding carboxylic acids is 3. The summed E-state index contributed by atoms with van der Waals surface area (Å²) >= 11 is 0. The van der Waals surface area contributed by atoms with E-state index in [4.69, 9.17) is 10.5 Å². The van der Waals surface area contributed by atoms with Gasteiger partial charge in [0.1, 0.15) is 17.2 Å². The molecule has 2 N–H and O–H groups in total. The molecule has 0 radical (unpaired) electrons. The van der Waals surface area contributed by atoms with Crippen molar-refractivity contribution in [3.05, 3.63) is 94.9 Å². The van der Waals surface area contributed by atoms with Crippen LogP contribution < -0.4 is 5.73 Å². The van der Waals surface area contributed by atoms with E-state index >= 15 is 4.39 Å². The molecule has 0 unspecified atom stereocenters. The predicted octanol–water partition coefficient (Wildman–Crippen LogP) is 7.35. The molecule has 5 rings (SSSR count). The van der Waals surface area contributed by atoms with Gasteiger partial charge in [-0.3, -0.25) is 24.4 Å². The maximum atomic E-state index is 15.1. The summed E-state index contributed by atoms with van der Waals surface area (Å²) in [5.41, 5.74) is 7.07. The number of amides is 1. The van der Waals surface area contributed by atoms with Gasteiger partial charge in [-0.15, -0.1) is 0 Å². The van der Waals surface area contributed by atoms with Crippen LogP contribution in [0.15, 0.2) is 61.1 Å². The summed E-state index contributed by atoms with van der Waals surface area (Å²) in [6.45, 7) is 7.76. The molecule has 0 spiro atoms. The van der Waals surface area contributed by atoms with E-state index in [0.717, 1.165) is 30.4 Å². The highest BCUT2D eigenvalue weighted by atomic mass is 19.1. The molecule has 9 heteroatoms. The predicted molar refractivity (Wildman–Crippen MR) is 168 cm³/mol. The van der Waals surface area contributed by atoms with Gasteiger partial charge < -0.3 is 10.5 Å². The Hall–Kier alpha value is -4.53. The normalized spacial score (nSPS) is 18.5. The molecule has 1 fully saturated rings. The Labute approximate surface area is 261 Å². The summed E-state index contributed by atoms with van der Waals surface area (Å²) in [5.74, 6) is -1.96. The van der Waals surface area contributed by atoms with Crippen LogP contribution in [0.4, 0.5) is 8.78 Å². The van der Waals surface area contributed by atoms with E-state index in [1.165, 1.54) is 42.6 Å². The smallest absolute Gasteiger partial charge is 0.306 e. The number of ketones is 1. The summed E-state index contributed by atoms with van der Waals surface area (Å²) in [4.78, 5) is 47.0. The molecule has 2 aromatic heterocycles. The van der Waals surface area contributed by atoms with Crippen LogP contribution >= 0.6 is 0 Å². The lowest BCUT2D eigenvalue weighted by molar-refractivity contribution is -0.156. The number of ether oxygens (including phenoxy) is 1. The number of Topliss-reactive ketones (excluding diaryl/α,β-unsaturated/α-hetero) is 1. The van der Waals surface area contributed by atoms with Crippen molar-refractivity contribution >= 4 is 28.6 Å². The maximum absolute atomic E-state index is 15.1. The van der Waals surface area contributed by atoms with E-state index in [1.54, 1.807) is 12.4 Å². The van der Waals surface area contributed by atoms with E-state index in [9.17, 15) is 18.8 Å². The minimum absolute atomic E-state index is 0.0219. The largest absolute Gasteiger partial charge is 0.460 e. The third kappa shape index (κ3) is 7.24. The van der Waals surface area contributed by atoms with E-state index in [1.807, 2.05) is 26.8 Å². The van der Waals surface area contributed by atoms with Gasteiger partial charge in [0, 0.05) is 59.1 Å². The monoisotopic (exact) mass is 613 g/mol. The molecule has 0 bridgehead atoms. The number of benzene rings is 2. The molecular weight excluding hydrogens is 576 g/mol. The number of hydrogen-bond acceptors (Lipinski definition) is 6. The van der Waals surface area contributed by atoms with Crippen molar-refractivity contribution in [3.63, 3.8) is 0 Å². The third-order valence-corrected chi connectivity index (χ3v) is 8.31. The number of nitrogens with two attached hydrogens (primary N) is 1. The first kappa shape index (κ1) is 31.9. The summed E-state index contributed by atoms with van der Waals surface area (Å²) < 4.78 is 35.5. The molecule has 234 valence electrons. The zero-order valence-electron chi connectivity index (χ0n) is 25.9. The molecule has 45 heavy (non-hydrogen) atoms. The summed E-state index contributed by atoms with van der Waals surface area (Å²) in [5, 5.41) is 0.0227. The second-order valence-corrected chi connectivity index (χ2v) is 13.1. The molecule has 0 aliphatic heterocycles. The van der Waals surface area contributed by atoms with Gasteiger partial charge in [0.05, 0.1) is 5.52 Å². The number of fused-ring (bicyclic) bond motifs is 1. The van der Waals surface area contributed by atoms with E-state index in [-0.39, 0.29) is 63.2 Å². The number of aromatic nitrogens is 2. The average molecular weight is 614 g/mol. The number of primary amides is 1. The third-order valence-electron chi connectivity index (χ3n) is 8.31. The first-order valence-corrected chi connectivity index (χ1v) is 15.2. The van der Waals surface area contributed by atoms with Crippen molar-refractivity contribution < 1.29 is 27.9 Å². The summed E-state index contributed by atoms with van der Waals surface area (Å²) in [6, 6.07) is 9.84. The minimum Gasteiger partial charge on any atom is -0.460 e. The molecule has 4 aromatic rings.